The van der Waals surface area contributed by atoms with Gasteiger partial charge < -0.3 is 10.0 Å². The molecule has 4 nitrogen and oxygen atoms in total. The van der Waals surface area contributed by atoms with Crippen molar-refractivity contribution < 1.29 is 18.7 Å². The summed E-state index contributed by atoms with van der Waals surface area (Å²) in [5.74, 6) is -2.11. The van der Waals surface area contributed by atoms with Crippen molar-refractivity contribution in [3.05, 3.63) is 0 Å². The van der Waals surface area contributed by atoms with E-state index in [0.717, 1.165) is 25.4 Å². The first-order valence-corrected chi connectivity index (χ1v) is 8.43. The fourth-order valence-electron chi connectivity index (χ4n) is 4.48. The van der Waals surface area contributed by atoms with Crippen LogP contribution in [0.2, 0.25) is 0 Å². The average molecular weight is 314 g/mol. The molecule has 0 bridgehead atoms. The minimum absolute atomic E-state index is 0.0118. The lowest BCUT2D eigenvalue weighted by Crippen LogP contribution is -2.70. The largest absolute Gasteiger partial charge is 0.396 e. The second kappa shape index (κ2) is 4.87. The standard InChI is InChI=1S/C16H24F2N2O2/c17-16(18)4-13(5-16)14(22)19-9-15(10-19)3-12(8-21)7-20(15)6-11-1-2-11/h11-13,21H,1-10H2. The molecule has 124 valence electrons. The maximum Gasteiger partial charge on any atom is 0.249 e. The molecule has 1 unspecified atom stereocenters. The first kappa shape index (κ1) is 14.8. The number of hydrogen-bond acceptors (Lipinski definition) is 3. The van der Waals surface area contributed by atoms with Crippen molar-refractivity contribution in [3.8, 4) is 0 Å². The molecule has 4 aliphatic rings. The van der Waals surface area contributed by atoms with Gasteiger partial charge in [-0.15, -0.1) is 0 Å². The SMILES string of the molecule is O=C(C1CC(F)(F)C1)N1CC2(CC(CO)CN2CC2CC2)C1. The summed E-state index contributed by atoms with van der Waals surface area (Å²) in [6, 6.07) is 0. The number of nitrogens with zero attached hydrogens (tertiary/aromatic N) is 2. The normalized spacial score (nSPS) is 33.8. The fraction of sp³-hybridized carbons (Fsp3) is 0.938. The molecule has 0 aromatic carbocycles. The van der Waals surface area contributed by atoms with Crippen molar-refractivity contribution >= 4 is 5.91 Å². The van der Waals surface area contributed by atoms with Crippen LogP contribution in [0.4, 0.5) is 8.78 Å². The summed E-state index contributed by atoms with van der Waals surface area (Å²) in [6.45, 7) is 3.51. The van der Waals surface area contributed by atoms with Gasteiger partial charge in [-0.25, -0.2) is 8.78 Å². The fourth-order valence-corrected chi connectivity index (χ4v) is 4.48. The molecule has 1 atom stereocenters. The van der Waals surface area contributed by atoms with Crippen LogP contribution in [0.3, 0.4) is 0 Å². The summed E-state index contributed by atoms with van der Waals surface area (Å²) < 4.78 is 25.9. The summed E-state index contributed by atoms with van der Waals surface area (Å²) in [6.07, 6.45) is 2.95. The van der Waals surface area contributed by atoms with Gasteiger partial charge in [-0.3, -0.25) is 9.69 Å². The maximum absolute atomic E-state index is 12.9. The number of aliphatic hydroxyl groups is 1. The average Bonchev–Trinajstić information content (AvgIpc) is 3.12. The summed E-state index contributed by atoms with van der Waals surface area (Å²) in [5, 5.41) is 9.46. The molecule has 2 saturated heterocycles. The Bertz CT molecular complexity index is 467. The summed E-state index contributed by atoms with van der Waals surface area (Å²) in [4.78, 5) is 16.5. The molecule has 4 rings (SSSR count). The highest BCUT2D eigenvalue weighted by Gasteiger charge is 2.58. The Labute approximate surface area is 129 Å². The van der Waals surface area contributed by atoms with Crippen molar-refractivity contribution in [1.82, 2.24) is 9.80 Å². The highest BCUT2D eigenvalue weighted by Crippen LogP contribution is 2.47. The van der Waals surface area contributed by atoms with E-state index in [2.05, 4.69) is 4.90 Å². The first-order chi connectivity index (χ1) is 10.4. The van der Waals surface area contributed by atoms with Gasteiger partial charge in [0.25, 0.3) is 0 Å². The molecule has 0 radical (unpaired) electrons. The quantitative estimate of drug-likeness (QED) is 0.851. The Hall–Kier alpha value is -0.750. The van der Waals surface area contributed by atoms with Crippen LogP contribution >= 0.6 is 0 Å². The van der Waals surface area contributed by atoms with E-state index in [9.17, 15) is 18.7 Å². The zero-order valence-electron chi connectivity index (χ0n) is 12.8. The van der Waals surface area contributed by atoms with E-state index in [1.165, 1.54) is 12.8 Å². The van der Waals surface area contributed by atoms with Crippen molar-refractivity contribution in [3.63, 3.8) is 0 Å². The minimum atomic E-state index is -2.63. The number of likely N-dealkylation sites (tertiary alicyclic amines) is 2. The van der Waals surface area contributed by atoms with Gasteiger partial charge in [-0.1, -0.05) is 0 Å². The molecule has 6 heteroatoms. The van der Waals surface area contributed by atoms with E-state index in [1.54, 1.807) is 4.90 Å². The van der Waals surface area contributed by atoms with E-state index in [1.807, 2.05) is 0 Å². The van der Waals surface area contributed by atoms with Crippen molar-refractivity contribution in [2.24, 2.45) is 17.8 Å². The van der Waals surface area contributed by atoms with E-state index in [-0.39, 0.29) is 30.9 Å². The molecular weight excluding hydrogens is 290 g/mol. The molecule has 1 N–H and O–H groups in total. The molecule has 0 aromatic rings. The van der Waals surface area contributed by atoms with Gasteiger partial charge in [0.2, 0.25) is 11.8 Å². The Balaban J connectivity index is 1.36. The monoisotopic (exact) mass is 314 g/mol. The summed E-state index contributed by atoms with van der Waals surface area (Å²) >= 11 is 0. The molecule has 2 aliphatic carbocycles. The molecule has 2 aliphatic heterocycles. The Kier molecular flexibility index (Phi) is 3.28. The van der Waals surface area contributed by atoms with E-state index < -0.39 is 11.8 Å². The van der Waals surface area contributed by atoms with E-state index in [4.69, 9.17) is 0 Å². The third-order valence-corrected chi connectivity index (χ3v) is 5.97. The van der Waals surface area contributed by atoms with Crippen LogP contribution in [-0.4, -0.2) is 65.1 Å². The maximum atomic E-state index is 12.9. The second-order valence-corrected chi connectivity index (χ2v) is 7.98. The molecule has 1 amide bonds. The predicted molar refractivity (Wildman–Crippen MR) is 76.5 cm³/mol. The number of rotatable bonds is 4. The molecule has 1 spiro atoms. The van der Waals surface area contributed by atoms with Gasteiger partial charge in [-0.05, 0) is 31.1 Å². The van der Waals surface area contributed by atoms with Gasteiger partial charge in [0, 0.05) is 51.5 Å². The van der Waals surface area contributed by atoms with Crippen LogP contribution in [-0.2, 0) is 4.79 Å². The highest BCUT2D eigenvalue weighted by molar-refractivity contribution is 5.81. The third kappa shape index (κ3) is 2.44. The molecular formula is C16H24F2N2O2. The minimum Gasteiger partial charge on any atom is -0.396 e. The van der Waals surface area contributed by atoms with Gasteiger partial charge in [0.05, 0.1) is 5.54 Å². The lowest BCUT2D eigenvalue weighted by Gasteiger charge is -2.54. The Morgan fingerprint density at radius 3 is 2.36 bits per heavy atom. The van der Waals surface area contributed by atoms with Gasteiger partial charge in [-0.2, -0.15) is 0 Å². The number of aliphatic hydroxyl groups excluding tert-OH is 1. The van der Waals surface area contributed by atoms with Crippen LogP contribution < -0.4 is 0 Å². The number of carbonyl (C=O) groups excluding carboxylic acids is 1. The third-order valence-electron chi connectivity index (χ3n) is 5.97. The zero-order valence-corrected chi connectivity index (χ0v) is 12.8. The topological polar surface area (TPSA) is 43.8 Å². The highest BCUT2D eigenvalue weighted by atomic mass is 19.3. The van der Waals surface area contributed by atoms with Crippen molar-refractivity contribution in [2.75, 3.05) is 32.8 Å². The van der Waals surface area contributed by atoms with Crippen LogP contribution in [0.5, 0.6) is 0 Å². The lowest BCUT2D eigenvalue weighted by atomic mass is 9.77. The van der Waals surface area contributed by atoms with Gasteiger partial charge in [0.1, 0.15) is 0 Å². The predicted octanol–water partition coefficient (Wildman–Crippen LogP) is 1.34. The Morgan fingerprint density at radius 2 is 1.82 bits per heavy atom. The van der Waals surface area contributed by atoms with Crippen molar-refractivity contribution in [1.29, 1.82) is 0 Å². The zero-order chi connectivity index (χ0) is 15.5. The molecule has 4 fully saturated rings. The molecule has 22 heavy (non-hydrogen) atoms. The summed E-state index contributed by atoms with van der Waals surface area (Å²) in [7, 11) is 0. The number of amides is 1. The van der Waals surface area contributed by atoms with Crippen molar-refractivity contribution in [2.45, 2.75) is 43.6 Å². The molecule has 2 saturated carbocycles. The first-order valence-electron chi connectivity index (χ1n) is 8.43. The van der Waals surface area contributed by atoms with E-state index in [0.29, 0.717) is 19.0 Å². The smallest absolute Gasteiger partial charge is 0.249 e. The van der Waals surface area contributed by atoms with Crippen LogP contribution in [0, 0.1) is 17.8 Å². The number of hydrogen-bond donors (Lipinski definition) is 1. The van der Waals surface area contributed by atoms with Gasteiger partial charge >= 0.3 is 0 Å². The van der Waals surface area contributed by atoms with Crippen LogP contribution in [0.1, 0.15) is 32.1 Å². The van der Waals surface area contributed by atoms with Crippen LogP contribution in [0.25, 0.3) is 0 Å². The number of carbonyl (C=O) groups is 1. The second-order valence-electron chi connectivity index (χ2n) is 7.98. The number of alkyl halides is 2. The van der Waals surface area contributed by atoms with E-state index >= 15 is 0 Å². The number of halogens is 2. The van der Waals surface area contributed by atoms with Gasteiger partial charge in [0.15, 0.2) is 0 Å². The lowest BCUT2D eigenvalue weighted by molar-refractivity contribution is -0.170. The molecule has 2 heterocycles. The molecule has 0 aromatic heterocycles. The summed E-state index contributed by atoms with van der Waals surface area (Å²) in [5.41, 5.74) is 0.0118. The van der Waals surface area contributed by atoms with Crippen LogP contribution in [0.15, 0.2) is 0 Å². The Morgan fingerprint density at radius 1 is 1.14 bits per heavy atom.